The van der Waals surface area contributed by atoms with Crippen molar-refractivity contribution in [3.05, 3.63) is 86.4 Å². The number of hydrogen-bond donors (Lipinski definition) is 0. The molecule has 0 N–H and O–H groups in total. The van der Waals surface area contributed by atoms with Gasteiger partial charge in [-0.25, -0.2) is 18.5 Å². The number of rotatable bonds is 4. The first-order valence-corrected chi connectivity index (χ1v) is 8.25. The van der Waals surface area contributed by atoms with Gasteiger partial charge in [0.1, 0.15) is 29.1 Å². The monoisotopic (exact) mass is 395 g/mol. The third kappa shape index (κ3) is 3.64. The Morgan fingerprint density at radius 3 is 2.45 bits per heavy atom. The second kappa shape index (κ2) is 7.82. The highest BCUT2D eigenvalue weighted by Crippen LogP contribution is 2.28. The first-order valence-electron chi connectivity index (χ1n) is 8.25. The van der Waals surface area contributed by atoms with Gasteiger partial charge in [0.05, 0.1) is 18.4 Å². The van der Waals surface area contributed by atoms with E-state index in [2.05, 4.69) is 4.74 Å². The molecule has 0 spiro atoms. The van der Waals surface area contributed by atoms with Crippen LogP contribution in [0.5, 0.6) is 11.5 Å². The van der Waals surface area contributed by atoms with Crippen molar-refractivity contribution in [3.63, 3.8) is 0 Å². The van der Waals surface area contributed by atoms with Gasteiger partial charge in [0, 0.05) is 19.2 Å². The fourth-order valence-electron chi connectivity index (χ4n) is 2.65. The molecule has 3 aromatic rings. The first-order chi connectivity index (χ1) is 13.9. The Morgan fingerprint density at radius 2 is 1.83 bits per heavy atom. The number of ether oxygens (including phenoxy) is 2. The molecule has 1 aromatic heterocycles. The minimum absolute atomic E-state index is 0.0407. The number of para-hydroxylation sites is 1. The molecular weight excluding hydrogens is 381 g/mol. The maximum Gasteiger partial charge on any atom is 0.355 e. The van der Waals surface area contributed by atoms with E-state index >= 15 is 0 Å². The maximum absolute atomic E-state index is 14.7. The Morgan fingerprint density at radius 1 is 1.14 bits per heavy atom. The minimum Gasteiger partial charge on any atom is -0.464 e. The third-order valence-electron chi connectivity index (χ3n) is 4.10. The molecule has 8 nitrogen and oxygen atoms in total. The fraction of sp³-hybridized carbons (Fsp3) is 0.100. The van der Waals surface area contributed by atoms with Crippen molar-refractivity contribution in [1.29, 1.82) is 5.26 Å². The second-order valence-corrected chi connectivity index (χ2v) is 5.86. The van der Waals surface area contributed by atoms with Crippen molar-refractivity contribution in [2.75, 3.05) is 7.11 Å². The lowest BCUT2D eigenvalue weighted by Gasteiger charge is -2.13. The quantitative estimate of drug-likeness (QED) is 0.627. The molecule has 3 rings (SSSR count). The van der Waals surface area contributed by atoms with Crippen molar-refractivity contribution in [3.8, 4) is 23.3 Å². The van der Waals surface area contributed by atoms with E-state index in [0.717, 1.165) is 29.9 Å². The predicted octanol–water partition coefficient (Wildman–Crippen LogP) is 2.13. The van der Waals surface area contributed by atoms with E-state index in [-0.39, 0.29) is 17.0 Å². The number of benzene rings is 2. The maximum atomic E-state index is 14.7. The number of methoxy groups -OCH3 is 1. The molecule has 9 heteroatoms. The summed E-state index contributed by atoms with van der Waals surface area (Å²) in [6, 6.07) is 13.1. The van der Waals surface area contributed by atoms with Crippen molar-refractivity contribution >= 4 is 5.97 Å². The van der Waals surface area contributed by atoms with Crippen LogP contribution in [-0.2, 0) is 11.8 Å². The van der Waals surface area contributed by atoms with Gasteiger partial charge in [-0.15, -0.1) is 0 Å². The van der Waals surface area contributed by atoms with Crippen LogP contribution in [0.3, 0.4) is 0 Å². The molecule has 0 amide bonds. The van der Waals surface area contributed by atoms with Crippen molar-refractivity contribution < 1.29 is 18.7 Å². The van der Waals surface area contributed by atoms with E-state index < -0.39 is 28.7 Å². The standard InChI is InChI=1S/C20H14FN3O5/c1-23-16(19(26)28-2)10-18(25)24(20(23)27)15-9-17(12(11-22)8-14(15)21)29-13-6-4-3-5-7-13/h3-10H,1-2H3. The van der Waals surface area contributed by atoms with Gasteiger partial charge >= 0.3 is 11.7 Å². The fourth-order valence-corrected chi connectivity index (χ4v) is 2.65. The van der Waals surface area contributed by atoms with Crippen molar-refractivity contribution in [1.82, 2.24) is 9.13 Å². The van der Waals surface area contributed by atoms with Crippen LogP contribution < -0.4 is 16.0 Å². The van der Waals surface area contributed by atoms with Gasteiger partial charge in [0.15, 0.2) is 0 Å². The van der Waals surface area contributed by atoms with Gasteiger partial charge in [0.25, 0.3) is 5.56 Å². The summed E-state index contributed by atoms with van der Waals surface area (Å²) < 4.78 is 26.2. The van der Waals surface area contributed by atoms with Crippen LogP contribution >= 0.6 is 0 Å². The molecule has 0 saturated heterocycles. The van der Waals surface area contributed by atoms with Crippen LogP contribution in [0.15, 0.2) is 58.1 Å². The number of hydrogen-bond acceptors (Lipinski definition) is 6. The van der Waals surface area contributed by atoms with Gasteiger partial charge in [-0.1, -0.05) is 18.2 Å². The van der Waals surface area contributed by atoms with Gasteiger partial charge in [0.2, 0.25) is 0 Å². The number of halogens is 1. The van der Waals surface area contributed by atoms with Crippen LogP contribution in [0.2, 0.25) is 0 Å². The van der Waals surface area contributed by atoms with Gasteiger partial charge in [-0.2, -0.15) is 5.26 Å². The van der Waals surface area contributed by atoms with Crippen molar-refractivity contribution in [2.45, 2.75) is 0 Å². The highest BCUT2D eigenvalue weighted by molar-refractivity contribution is 5.87. The molecule has 0 saturated carbocycles. The lowest BCUT2D eigenvalue weighted by molar-refractivity contribution is 0.0587. The number of carbonyl (C=O) groups is 1. The van der Waals surface area contributed by atoms with Crippen LogP contribution in [0.1, 0.15) is 16.1 Å². The zero-order valence-corrected chi connectivity index (χ0v) is 15.4. The van der Waals surface area contributed by atoms with Gasteiger partial charge in [-0.3, -0.25) is 9.36 Å². The van der Waals surface area contributed by atoms with Crippen LogP contribution in [-0.4, -0.2) is 22.2 Å². The molecule has 29 heavy (non-hydrogen) atoms. The van der Waals surface area contributed by atoms with Crippen LogP contribution in [0, 0.1) is 17.1 Å². The highest BCUT2D eigenvalue weighted by atomic mass is 19.1. The summed E-state index contributed by atoms with van der Waals surface area (Å²) in [5.74, 6) is -1.53. The van der Waals surface area contributed by atoms with E-state index in [1.165, 1.54) is 7.05 Å². The van der Waals surface area contributed by atoms with Crippen molar-refractivity contribution in [2.24, 2.45) is 7.05 Å². The first kappa shape index (κ1) is 19.6. The molecule has 0 fully saturated rings. The summed E-state index contributed by atoms with van der Waals surface area (Å²) in [5, 5.41) is 9.28. The van der Waals surface area contributed by atoms with Gasteiger partial charge in [-0.05, 0) is 18.2 Å². The molecule has 2 aromatic carbocycles. The number of nitriles is 1. The average molecular weight is 395 g/mol. The lowest BCUT2D eigenvalue weighted by Crippen LogP contribution is -2.40. The zero-order valence-electron chi connectivity index (χ0n) is 15.4. The average Bonchev–Trinajstić information content (AvgIpc) is 2.72. The van der Waals surface area contributed by atoms with E-state index in [1.807, 2.05) is 6.07 Å². The number of carbonyl (C=O) groups excluding carboxylic acids is 1. The molecule has 0 aliphatic carbocycles. The largest absolute Gasteiger partial charge is 0.464 e. The SMILES string of the molecule is COC(=O)c1cc(=O)n(-c2cc(Oc3ccccc3)c(C#N)cc2F)c(=O)n1C. The minimum atomic E-state index is -0.980. The number of esters is 1. The molecule has 0 aliphatic rings. The zero-order chi connectivity index (χ0) is 21.1. The topological polar surface area (TPSA) is 103 Å². The normalized spacial score (nSPS) is 10.3. The van der Waals surface area contributed by atoms with E-state index in [1.54, 1.807) is 30.3 Å². The molecule has 1 heterocycles. The Balaban J connectivity index is 2.22. The molecule has 146 valence electrons. The molecular formula is C20H14FN3O5. The highest BCUT2D eigenvalue weighted by Gasteiger charge is 2.20. The summed E-state index contributed by atoms with van der Waals surface area (Å²) in [6.07, 6.45) is 0. The second-order valence-electron chi connectivity index (χ2n) is 5.86. The molecule has 0 aliphatic heterocycles. The summed E-state index contributed by atoms with van der Waals surface area (Å²) in [4.78, 5) is 36.9. The smallest absolute Gasteiger partial charge is 0.355 e. The Hall–Kier alpha value is -4.19. The Bertz CT molecular complexity index is 1260. The van der Waals surface area contributed by atoms with Crippen LogP contribution in [0.4, 0.5) is 4.39 Å². The van der Waals surface area contributed by atoms with E-state index in [4.69, 9.17) is 4.74 Å². The summed E-state index contributed by atoms with van der Waals surface area (Å²) in [7, 11) is 2.35. The predicted molar refractivity (Wildman–Crippen MR) is 99.8 cm³/mol. The van der Waals surface area contributed by atoms with E-state index in [9.17, 15) is 24.0 Å². The summed E-state index contributed by atoms with van der Waals surface area (Å²) in [6.45, 7) is 0. The Labute approximate surface area is 163 Å². The van der Waals surface area contributed by atoms with E-state index in [0.29, 0.717) is 10.3 Å². The number of nitrogens with zero attached hydrogens (tertiary/aromatic N) is 3. The Kier molecular flexibility index (Phi) is 5.27. The lowest BCUT2D eigenvalue weighted by atomic mass is 10.1. The molecule has 0 unspecified atom stereocenters. The molecule has 0 radical (unpaired) electrons. The summed E-state index contributed by atoms with van der Waals surface area (Å²) in [5.41, 5.74) is -2.73. The number of aromatic nitrogens is 2. The molecule has 0 atom stereocenters. The van der Waals surface area contributed by atoms with Gasteiger partial charge < -0.3 is 9.47 Å². The third-order valence-corrected chi connectivity index (χ3v) is 4.10. The van der Waals surface area contributed by atoms with Crippen LogP contribution in [0.25, 0.3) is 5.69 Å². The molecule has 0 bridgehead atoms. The summed E-state index contributed by atoms with van der Waals surface area (Å²) >= 11 is 0.